The summed E-state index contributed by atoms with van der Waals surface area (Å²) in [6, 6.07) is 5.24. The van der Waals surface area contributed by atoms with Crippen molar-refractivity contribution in [2.45, 2.75) is 33.6 Å². The van der Waals surface area contributed by atoms with Crippen LogP contribution in [0.4, 0.5) is 5.82 Å². The van der Waals surface area contributed by atoms with Gasteiger partial charge >= 0.3 is 0 Å². The van der Waals surface area contributed by atoms with Crippen LogP contribution in [0.1, 0.15) is 39.2 Å². The maximum Gasteiger partial charge on any atom is 0.225 e. The van der Waals surface area contributed by atoms with Crippen molar-refractivity contribution >= 4 is 11.7 Å². The highest BCUT2D eigenvalue weighted by atomic mass is 16.1. The smallest absolute Gasteiger partial charge is 0.225 e. The highest BCUT2D eigenvalue weighted by Crippen LogP contribution is 2.20. The molecule has 4 heteroatoms. The third-order valence-corrected chi connectivity index (χ3v) is 2.26. The van der Waals surface area contributed by atoms with Gasteiger partial charge in [0.15, 0.2) is 0 Å². The van der Waals surface area contributed by atoms with Crippen LogP contribution >= 0.6 is 0 Å². The predicted octanol–water partition coefficient (Wildman–Crippen LogP) is 2.72. The summed E-state index contributed by atoms with van der Waals surface area (Å²) in [6.45, 7) is 6.29. The van der Waals surface area contributed by atoms with E-state index in [-0.39, 0.29) is 11.3 Å². The molecule has 4 nitrogen and oxygen atoms in total. The maximum atomic E-state index is 11.6. The number of hydrogen-bond donors (Lipinski definition) is 1. The van der Waals surface area contributed by atoms with E-state index in [1.54, 1.807) is 12.1 Å². The molecule has 17 heavy (non-hydrogen) atoms. The number of aromatic nitrogens is 1. The molecule has 0 fully saturated rings. The van der Waals surface area contributed by atoms with Crippen LogP contribution in [0.25, 0.3) is 0 Å². The number of anilines is 1. The Bertz CT molecular complexity index is 423. The molecular formula is C13H17N3O. The molecule has 0 atom stereocenters. The minimum Gasteiger partial charge on any atom is -0.311 e. The first-order valence-corrected chi connectivity index (χ1v) is 5.57. The predicted molar refractivity (Wildman–Crippen MR) is 66.3 cm³/mol. The fourth-order valence-electron chi connectivity index (χ4n) is 1.23. The van der Waals surface area contributed by atoms with Crippen LogP contribution < -0.4 is 5.32 Å². The average molecular weight is 231 g/mol. The summed E-state index contributed by atoms with van der Waals surface area (Å²) in [5.74, 6) is 0.444. The van der Waals surface area contributed by atoms with Gasteiger partial charge in [-0.05, 0) is 24.0 Å². The van der Waals surface area contributed by atoms with Crippen molar-refractivity contribution in [2.24, 2.45) is 5.41 Å². The van der Waals surface area contributed by atoms with E-state index < -0.39 is 0 Å². The van der Waals surface area contributed by atoms with Gasteiger partial charge in [0.2, 0.25) is 5.91 Å². The summed E-state index contributed by atoms with van der Waals surface area (Å²) in [4.78, 5) is 15.6. The Hall–Kier alpha value is -1.89. The molecule has 0 aromatic carbocycles. The lowest BCUT2D eigenvalue weighted by Gasteiger charge is -2.17. The van der Waals surface area contributed by atoms with Crippen LogP contribution in [0.2, 0.25) is 0 Å². The Morgan fingerprint density at radius 1 is 1.47 bits per heavy atom. The van der Waals surface area contributed by atoms with Gasteiger partial charge in [0.1, 0.15) is 11.9 Å². The SMILES string of the molecule is CC(C)(C)CCC(=O)Nc1ccc(C#N)cn1. The summed E-state index contributed by atoms with van der Waals surface area (Å²) in [7, 11) is 0. The van der Waals surface area contributed by atoms with E-state index in [2.05, 4.69) is 31.1 Å². The van der Waals surface area contributed by atoms with E-state index >= 15 is 0 Å². The van der Waals surface area contributed by atoms with E-state index in [0.717, 1.165) is 6.42 Å². The van der Waals surface area contributed by atoms with Crippen molar-refractivity contribution in [3.63, 3.8) is 0 Å². The quantitative estimate of drug-likeness (QED) is 0.869. The first-order chi connectivity index (χ1) is 7.90. The van der Waals surface area contributed by atoms with Gasteiger partial charge in [-0.3, -0.25) is 4.79 Å². The Kier molecular flexibility index (Phi) is 4.22. The Morgan fingerprint density at radius 3 is 2.65 bits per heavy atom. The van der Waals surface area contributed by atoms with E-state index in [0.29, 0.717) is 17.8 Å². The van der Waals surface area contributed by atoms with Gasteiger partial charge < -0.3 is 5.32 Å². The summed E-state index contributed by atoms with van der Waals surface area (Å²) in [6.07, 6.45) is 2.75. The van der Waals surface area contributed by atoms with Crippen molar-refractivity contribution in [3.05, 3.63) is 23.9 Å². The fraction of sp³-hybridized carbons (Fsp3) is 0.462. The zero-order valence-electron chi connectivity index (χ0n) is 10.4. The Morgan fingerprint density at radius 2 is 2.18 bits per heavy atom. The first-order valence-electron chi connectivity index (χ1n) is 5.57. The average Bonchev–Trinajstić information content (AvgIpc) is 2.27. The third kappa shape index (κ3) is 5.12. The number of hydrogen-bond acceptors (Lipinski definition) is 3. The number of nitrogens with one attached hydrogen (secondary N) is 1. The largest absolute Gasteiger partial charge is 0.311 e. The van der Waals surface area contributed by atoms with Crippen LogP contribution in [0.3, 0.4) is 0 Å². The van der Waals surface area contributed by atoms with Gasteiger partial charge in [-0.2, -0.15) is 5.26 Å². The molecule has 0 saturated carbocycles. The summed E-state index contributed by atoms with van der Waals surface area (Å²) < 4.78 is 0. The molecule has 0 unspecified atom stereocenters. The van der Waals surface area contributed by atoms with Gasteiger partial charge in [0.05, 0.1) is 5.56 Å². The number of nitrogens with zero attached hydrogens (tertiary/aromatic N) is 2. The molecule has 0 radical (unpaired) electrons. The van der Waals surface area contributed by atoms with Crippen LogP contribution in [0, 0.1) is 16.7 Å². The molecule has 0 aliphatic heterocycles. The van der Waals surface area contributed by atoms with Gasteiger partial charge in [-0.1, -0.05) is 20.8 Å². The summed E-state index contributed by atoms with van der Waals surface area (Å²) in [5, 5.41) is 11.3. The van der Waals surface area contributed by atoms with Crippen molar-refractivity contribution in [2.75, 3.05) is 5.32 Å². The zero-order chi connectivity index (χ0) is 12.9. The second-order valence-corrected chi connectivity index (χ2v) is 5.15. The van der Waals surface area contributed by atoms with Crippen molar-refractivity contribution in [1.29, 1.82) is 5.26 Å². The van der Waals surface area contributed by atoms with Crippen molar-refractivity contribution in [3.8, 4) is 6.07 Å². The molecule has 0 aliphatic rings. The third-order valence-electron chi connectivity index (χ3n) is 2.26. The molecule has 1 rings (SSSR count). The molecule has 0 saturated heterocycles. The van der Waals surface area contributed by atoms with Gasteiger partial charge in [-0.25, -0.2) is 4.98 Å². The normalized spacial score (nSPS) is 10.7. The number of nitriles is 1. The second kappa shape index (κ2) is 5.44. The van der Waals surface area contributed by atoms with Crippen molar-refractivity contribution < 1.29 is 4.79 Å². The van der Waals surface area contributed by atoms with Gasteiger partial charge in [0.25, 0.3) is 0 Å². The second-order valence-electron chi connectivity index (χ2n) is 5.15. The fourth-order valence-corrected chi connectivity index (χ4v) is 1.23. The molecule has 1 aromatic rings. The number of pyridine rings is 1. The summed E-state index contributed by atoms with van der Waals surface area (Å²) >= 11 is 0. The molecule has 1 heterocycles. The Labute approximate surface area is 102 Å². The zero-order valence-corrected chi connectivity index (χ0v) is 10.4. The monoisotopic (exact) mass is 231 g/mol. The summed E-state index contributed by atoms with van der Waals surface area (Å²) in [5.41, 5.74) is 0.632. The molecular weight excluding hydrogens is 214 g/mol. The molecule has 1 amide bonds. The van der Waals surface area contributed by atoms with E-state index in [4.69, 9.17) is 5.26 Å². The lowest BCUT2D eigenvalue weighted by molar-refractivity contribution is -0.116. The van der Waals surface area contributed by atoms with E-state index in [9.17, 15) is 4.79 Å². The maximum absolute atomic E-state index is 11.6. The minimum atomic E-state index is -0.0443. The molecule has 0 spiro atoms. The van der Waals surface area contributed by atoms with Gasteiger partial charge in [0, 0.05) is 12.6 Å². The number of amides is 1. The van der Waals surface area contributed by atoms with Crippen LogP contribution in [0.15, 0.2) is 18.3 Å². The Balaban J connectivity index is 2.48. The standard InChI is InChI=1S/C13H17N3O/c1-13(2,3)7-6-12(17)16-11-5-4-10(8-14)9-15-11/h4-5,9H,6-7H2,1-3H3,(H,15,16,17). The van der Waals surface area contributed by atoms with Crippen LogP contribution in [0.5, 0.6) is 0 Å². The lowest BCUT2D eigenvalue weighted by atomic mass is 9.90. The van der Waals surface area contributed by atoms with Crippen molar-refractivity contribution in [1.82, 2.24) is 4.98 Å². The molecule has 1 N–H and O–H groups in total. The highest BCUT2D eigenvalue weighted by molar-refractivity contribution is 5.89. The van der Waals surface area contributed by atoms with Crippen LogP contribution in [-0.2, 0) is 4.79 Å². The molecule has 90 valence electrons. The van der Waals surface area contributed by atoms with E-state index in [1.165, 1.54) is 6.20 Å². The number of carbonyl (C=O) groups is 1. The number of carbonyl (C=O) groups excluding carboxylic acids is 1. The molecule has 0 bridgehead atoms. The highest BCUT2D eigenvalue weighted by Gasteiger charge is 2.13. The van der Waals surface area contributed by atoms with E-state index in [1.807, 2.05) is 6.07 Å². The minimum absolute atomic E-state index is 0.0443. The van der Waals surface area contributed by atoms with Gasteiger partial charge in [-0.15, -0.1) is 0 Å². The first kappa shape index (κ1) is 13.2. The van der Waals surface area contributed by atoms with Crippen LogP contribution in [-0.4, -0.2) is 10.9 Å². The topological polar surface area (TPSA) is 65.8 Å². The molecule has 1 aromatic heterocycles. The molecule has 0 aliphatic carbocycles. The lowest BCUT2D eigenvalue weighted by Crippen LogP contribution is -2.16. The number of rotatable bonds is 3.